The molecule has 1 aliphatic rings. The predicted molar refractivity (Wildman–Crippen MR) is 74.3 cm³/mol. The SMILES string of the molecule is CC(NC(=O)c1ncccc1O)c1ccc2c(c1)OCO2. The summed E-state index contributed by atoms with van der Waals surface area (Å²) in [7, 11) is 0. The molecule has 2 aromatic rings. The van der Waals surface area contributed by atoms with Gasteiger partial charge in [-0.15, -0.1) is 0 Å². The summed E-state index contributed by atoms with van der Waals surface area (Å²) < 4.78 is 10.6. The number of benzene rings is 1. The van der Waals surface area contributed by atoms with Gasteiger partial charge in [0, 0.05) is 6.20 Å². The molecule has 1 aromatic heterocycles. The van der Waals surface area contributed by atoms with E-state index in [1.165, 1.54) is 12.3 Å². The zero-order chi connectivity index (χ0) is 14.8. The molecule has 1 aliphatic heterocycles. The van der Waals surface area contributed by atoms with Gasteiger partial charge in [-0.3, -0.25) is 4.79 Å². The van der Waals surface area contributed by atoms with Crippen molar-refractivity contribution < 1.29 is 19.4 Å². The van der Waals surface area contributed by atoms with E-state index >= 15 is 0 Å². The van der Waals surface area contributed by atoms with Crippen molar-refractivity contribution in [1.82, 2.24) is 10.3 Å². The van der Waals surface area contributed by atoms with Crippen LogP contribution in [-0.4, -0.2) is 22.8 Å². The molecule has 0 saturated heterocycles. The number of amides is 1. The van der Waals surface area contributed by atoms with Crippen molar-refractivity contribution in [3.8, 4) is 17.2 Å². The monoisotopic (exact) mass is 286 g/mol. The predicted octanol–water partition coefficient (Wildman–Crippen LogP) is 2.01. The van der Waals surface area contributed by atoms with E-state index in [0.29, 0.717) is 11.5 Å². The molecule has 6 nitrogen and oxygen atoms in total. The average molecular weight is 286 g/mol. The molecule has 1 amide bonds. The first-order valence-electron chi connectivity index (χ1n) is 6.49. The molecule has 21 heavy (non-hydrogen) atoms. The largest absolute Gasteiger partial charge is 0.505 e. The number of carbonyl (C=O) groups excluding carboxylic acids is 1. The number of nitrogens with zero attached hydrogens (tertiary/aromatic N) is 1. The van der Waals surface area contributed by atoms with Gasteiger partial charge in [-0.05, 0) is 36.8 Å². The van der Waals surface area contributed by atoms with Crippen LogP contribution in [0.3, 0.4) is 0 Å². The Kier molecular flexibility index (Phi) is 3.35. The van der Waals surface area contributed by atoms with Gasteiger partial charge in [0.25, 0.3) is 5.91 Å². The Bertz CT molecular complexity index is 687. The standard InChI is InChI=1S/C15H14N2O4/c1-9(10-4-5-12-13(7-10)21-8-20-12)17-15(19)14-11(18)3-2-6-16-14/h2-7,9,18H,8H2,1H3,(H,17,19). The number of pyridine rings is 1. The third-order valence-electron chi connectivity index (χ3n) is 3.25. The van der Waals surface area contributed by atoms with E-state index in [1.54, 1.807) is 12.1 Å². The molecule has 0 radical (unpaired) electrons. The van der Waals surface area contributed by atoms with Gasteiger partial charge in [0.1, 0.15) is 5.75 Å². The quantitative estimate of drug-likeness (QED) is 0.902. The molecular formula is C15H14N2O4. The van der Waals surface area contributed by atoms with E-state index in [2.05, 4.69) is 10.3 Å². The third-order valence-corrected chi connectivity index (χ3v) is 3.25. The molecule has 108 valence electrons. The first kappa shape index (κ1) is 13.2. The van der Waals surface area contributed by atoms with Gasteiger partial charge in [0.05, 0.1) is 6.04 Å². The van der Waals surface area contributed by atoms with E-state index in [0.717, 1.165) is 5.56 Å². The van der Waals surface area contributed by atoms with Crippen LogP contribution in [0.1, 0.15) is 29.0 Å². The maximum absolute atomic E-state index is 12.1. The molecule has 1 aromatic carbocycles. The van der Waals surface area contributed by atoms with Crippen LogP contribution in [0.15, 0.2) is 36.5 Å². The second-order valence-corrected chi connectivity index (χ2v) is 4.68. The molecule has 2 N–H and O–H groups in total. The summed E-state index contributed by atoms with van der Waals surface area (Å²) in [5.74, 6) is 0.778. The summed E-state index contributed by atoms with van der Waals surface area (Å²) in [4.78, 5) is 16.0. The van der Waals surface area contributed by atoms with Crippen LogP contribution >= 0.6 is 0 Å². The van der Waals surface area contributed by atoms with E-state index in [1.807, 2.05) is 19.1 Å². The van der Waals surface area contributed by atoms with Crippen LogP contribution in [0.25, 0.3) is 0 Å². The molecule has 0 fully saturated rings. The maximum Gasteiger partial charge on any atom is 0.274 e. The second-order valence-electron chi connectivity index (χ2n) is 4.68. The minimum Gasteiger partial charge on any atom is -0.505 e. The van der Waals surface area contributed by atoms with Crippen LogP contribution in [0.5, 0.6) is 17.2 Å². The number of aromatic nitrogens is 1. The Balaban J connectivity index is 1.76. The topological polar surface area (TPSA) is 80.7 Å². The summed E-state index contributed by atoms with van der Waals surface area (Å²) >= 11 is 0. The van der Waals surface area contributed by atoms with E-state index < -0.39 is 5.91 Å². The lowest BCUT2D eigenvalue weighted by Gasteiger charge is -2.14. The Hall–Kier alpha value is -2.76. The Morgan fingerprint density at radius 3 is 2.95 bits per heavy atom. The molecule has 0 saturated carbocycles. The fourth-order valence-electron chi connectivity index (χ4n) is 2.10. The fourth-order valence-corrected chi connectivity index (χ4v) is 2.10. The molecule has 0 aliphatic carbocycles. The van der Waals surface area contributed by atoms with Crippen LogP contribution in [0, 0.1) is 0 Å². The van der Waals surface area contributed by atoms with Crippen LogP contribution in [0.4, 0.5) is 0 Å². The Morgan fingerprint density at radius 1 is 1.33 bits per heavy atom. The van der Waals surface area contributed by atoms with Crippen LogP contribution < -0.4 is 14.8 Å². The Labute approximate surface area is 121 Å². The first-order valence-corrected chi connectivity index (χ1v) is 6.49. The molecular weight excluding hydrogens is 272 g/mol. The normalized spacial score (nSPS) is 13.8. The van der Waals surface area contributed by atoms with E-state index in [4.69, 9.17) is 9.47 Å². The molecule has 6 heteroatoms. The lowest BCUT2D eigenvalue weighted by atomic mass is 10.1. The number of carbonyl (C=O) groups is 1. The number of ether oxygens (including phenoxy) is 2. The van der Waals surface area contributed by atoms with Gasteiger partial charge in [-0.2, -0.15) is 0 Å². The number of hydrogen-bond acceptors (Lipinski definition) is 5. The smallest absolute Gasteiger partial charge is 0.274 e. The summed E-state index contributed by atoms with van der Waals surface area (Å²) in [6, 6.07) is 8.22. The van der Waals surface area contributed by atoms with Gasteiger partial charge in [-0.25, -0.2) is 4.98 Å². The highest BCUT2D eigenvalue weighted by molar-refractivity contribution is 5.94. The number of nitrogens with one attached hydrogen (secondary N) is 1. The first-order chi connectivity index (χ1) is 10.1. The van der Waals surface area contributed by atoms with Crippen molar-refractivity contribution in [3.05, 3.63) is 47.8 Å². The average Bonchev–Trinajstić information content (AvgIpc) is 2.94. The maximum atomic E-state index is 12.1. The summed E-state index contributed by atoms with van der Waals surface area (Å²) in [5, 5.41) is 12.4. The van der Waals surface area contributed by atoms with Crippen molar-refractivity contribution in [3.63, 3.8) is 0 Å². The molecule has 1 atom stereocenters. The summed E-state index contributed by atoms with van der Waals surface area (Å²) in [6.45, 7) is 2.05. The molecule has 2 heterocycles. The van der Waals surface area contributed by atoms with E-state index in [-0.39, 0.29) is 24.3 Å². The number of aromatic hydroxyl groups is 1. The molecule has 0 bridgehead atoms. The Morgan fingerprint density at radius 2 is 2.14 bits per heavy atom. The highest BCUT2D eigenvalue weighted by Crippen LogP contribution is 2.34. The highest BCUT2D eigenvalue weighted by atomic mass is 16.7. The number of hydrogen-bond donors (Lipinski definition) is 2. The van der Waals surface area contributed by atoms with Gasteiger partial charge in [0.15, 0.2) is 17.2 Å². The lowest BCUT2D eigenvalue weighted by Crippen LogP contribution is -2.27. The van der Waals surface area contributed by atoms with Gasteiger partial charge in [-0.1, -0.05) is 6.07 Å². The van der Waals surface area contributed by atoms with Crippen molar-refractivity contribution in [2.24, 2.45) is 0 Å². The van der Waals surface area contributed by atoms with Crippen molar-refractivity contribution in [2.75, 3.05) is 6.79 Å². The highest BCUT2D eigenvalue weighted by Gasteiger charge is 2.19. The van der Waals surface area contributed by atoms with E-state index in [9.17, 15) is 9.90 Å². The second kappa shape index (κ2) is 5.32. The third kappa shape index (κ3) is 2.60. The molecule has 3 rings (SSSR count). The molecule has 0 spiro atoms. The van der Waals surface area contributed by atoms with Gasteiger partial charge < -0.3 is 19.9 Å². The summed E-state index contributed by atoms with van der Waals surface area (Å²) in [5.41, 5.74) is 0.883. The van der Waals surface area contributed by atoms with Crippen molar-refractivity contribution >= 4 is 5.91 Å². The van der Waals surface area contributed by atoms with Gasteiger partial charge in [0.2, 0.25) is 6.79 Å². The van der Waals surface area contributed by atoms with Crippen LogP contribution in [0.2, 0.25) is 0 Å². The minimum atomic E-state index is -0.432. The molecule has 1 unspecified atom stereocenters. The number of rotatable bonds is 3. The lowest BCUT2D eigenvalue weighted by molar-refractivity contribution is 0.0931. The van der Waals surface area contributed by atoms with Gasteiger partial charge >= 0.3 is 0 Å². The fraction of sp³-hybridized carbons (Fsp3) is 0.200. The van der Waals surface area contributed by atoms with Crippen LogP contribution in [-0.2, 0) is 0 Å². The zero-order valence-electron chi connectivity index (χ0n) is 11.4. The van der Waals surface area contributed by atoms with Crippen molar-refractivity contribution in [1.29, 1.82) is 0 Å². The summed E-state index contributed by atoms with van der Waals surface area (Å²) in [6.07, 6.45) is 1.46. The zero-order valence-corrected chi connectivity index (χ0v) is 11.4. The van der Waals surface area contributed by atoms with Crippen molar-refractivity contribution in [2.45, 2.75) is 13.0 Å². The minimum absolute atomic E-state index is 0.00472. The number of fused-ring (bicyclic) bond motifs is 1.